The van der Waals surface area contributed by atoms with E-state index in [4.69, 9.17) is 56.3 Å². The molecule has 0 fully saturated rings. The Morgan fingerprint density at radius 2 is 0.621 bits per heavy atom. The standard InChI is InChI=1S/4C32H31N2O/c1-20-16-25(23-12-9-8-10-13-23)29-24-14-11-15-26(33-6)30(24)35-31(29)28(20)27-18-22(19-32(3,4)5)17-21(2)34(27)7;1-20-13-14-25-26-17-24(23-11-9-8-10-12-23)18-27(33-6)30(26)35-31(25)29(20)28-16-22(19-32(3,4)5)15-21(2)34(28)7;1-20-13-14-25-29-24(23-11-9-8-10-12-23)15-16-26(33-6)31(29)35-30(25)28(20)27-18-22(19-32(3,4)5)17-21(2)34(27)7;1-20-13-14-25-26-16-15-24(23-11-9-8-10-12-23)29(33-6)31(26)35-30(25)28(20)27-18-22(19-32(3,4)5)17-21(2)34(27)7/h4*8-18H,19H2,1-5,7H3/q4*+1/i3*19D2;17D,18D,19D2. The maximum Gasteiger partial charge on any atom is 0.237 e. The average Bonchev–Trinajstić information content (AvgIpc) is 1.49. The fraction of sp³-hybridized carbons (Fsp3) is 0.250. The van der Waals surface area contributed by atoms with E-state index in [1.54, 1.807) is 45.4 Å². The van der Waals surface area contributed by atoms with Crippen LogP contribution < -0.4 is 18.3 Å². The highest BCUT2D eigenvalue weighted by Crippen LogP contribution is 2.51. The number of benzene rings is 12. The van der Waals surface area contributed by atoms with Crippen LogP contribution in [-0.2, 0) is 53.7 Å². The Kier molecular flexibility index (Phi) is 22.8. The fourth-order valence-electron chi connectivity index (χ4n) is 19.1. The molecule has 0 bridgehead atoms. The number of aromatic nitrogens is 4. The van der Waals surface area contributed by atoms with E-state index >= 15 is 0 Å². The number of fused-ring (bicyclic) bond motifs is 12. The Balaban J connectivity index is 0.000000136. The third kappa shape index (κ3) is 19.1. The van der Waals surface area contributed by atoms with Crippen LogP contribution in [0.3, 0.4) is 0 Å². The van der Waals surface area contributed by atoms with E-state index in [9.17, 15) is 1.37 Å². The van der Waals surface area contributed by atoms with E-state index < -0.39 is 47.2 Å². The highest BCUT2D eigenvalue weighted by molar-refractivity contribution is 6.21. The van der Waals surface area contributed by atoms with E-state index in [-0.39, 0.29) is 17.6 Å². The zero-order valence-corrected chi connectivity index (χ0v) is 84.5. The van der Waals surface area contributed by atoms with Crippen molar-refractivity contribution in [3.63, 3.8) is 0 Å². The summed E-state index contributed by atoms with van der Waals surface area (Å²) in [7, 11) is 7.81. The molecule has 0 aliphatic carbocycles. The van der Waals surface area contributed by atoms with Gasteiger partial charge < -0.3 is 17.7 Å². The molecule has 0 spiro atoms. The lowest BCUT2D eigenvalue weighted by Gasteiger charge is -2.19. The molecule has 12 aromatic carbocycles. The Hall–Kier alpha value is -15.6. The normalized spacial score (nSPS) is 13.3. The van der Waals surface area contributed by atoms with Crippen molar-refractivity contribution in [1.29, 1.82) is 0 Å². The SMILES string of the molecule is [2H]C([2H])(c1cc(C)[n+](C)c(-c2c(C)cc(-c3ccccc3)c3c2oc2c([N+]#[C-])cccc23)c1)C(C)(C)C.[2H]C([2H])(c1cc(C)[n+](C)c(-c2c(C)ccc3c2oc2c([N+]#[C-])cc(-c4ccccc4)cc23)c1)C(C)(C)C.[2H]C([2H])(c1cc(C)[n+](C)c(-c2c(C)ccc3c2oc2c([N+]#[C-])ccc(-c4ccccc4)c23)c1)C(C)(C)C.[2H]c1c(C([2H])([2H])C(C)(C)C)c([2H])c(-c2c(C)ccc3c2oc2c([N+]#[C-])c(-c4ccccc4)ccc23)[n+](C)c1C. The molecule has 0 amide bonds. The van der Waals surface area contributed by atoms with Crippen LogP contribution in [0, 0.1) is 103 Å². The van der Waals surface area contributed by atoms with Crippen molar-refractivity contribution in [3.8, 4) is 89.5 Å². The number of furan rings is 4. The predicted octanol–water partition coefficient (Wildman–Crippen LogP) is 34.0. The van der Waals surface area contributed by atoms with Crippen LogP contribution >= 0.6 is 0 Å². The van der Waals surface area contributed by atoms with E-state index in [1.165, 1.54) is 0 Å². The van der Waals surface area contributed by atoms with Crippen LogP contribution in [0.25, 0.3) is 197 Å². The molecule has 0 saturated carbocycles. The fourth-order valence-corrected chi connectivity index (χ4v) is 19.1. The lowest BCUT2D eigenvalue weighted by molar-refractivity contribution is -0.666. The third-order valence-electron chi connectivity index (χ3n) is 25.8. The van der Waals surface area contributed by atoms with Crippen molar-refractivity contribution in [2.45, 2.75) is 164 Å². The number of rotatable bonds is 12. The van der Waals surface area contributed by atoms with Gasteiger partial charge in [0, 0.05) is 130 Å². The third-order valence-corrected chi connectivity index (χ3v) is 25.8. The van der Waals surface area contributed by atoms with Gasteiger partial charge in [0.15, 0.2) is 22.8 Å². The molecule has 8 aromatic heterocycles. The van der Waals surface area contributed by atoms with Gasteiger partial charge in [0.2, 0.25) is 45.5 Å². The highest BCUT2D eigenvalue weighted by atomic mass is 16.3. The van der Waals surface area contributed by atoms with Crippen molar-refractivity contribution < 1.29 is 49.6 Å². The van der Waals surface area contributed by atoms with E-state index in [2.05, 4.69) is 108 Å². The van der Waals surface area contributed by atoms with Gasteiger partial charge in [0.05, 0.1) is 51.3 Å². The Morgan fingerprint density at radius 1 is 0.264 bits per heavy atom. The van der Waals surface area contributed by atoms with Gasteiger partial charge in [-0.2, -0.15) is 18.3 Å². The largest absolute Gasteiger partial charge is 0.466 e. The molecule has 0 saturated heterocycles. The molecular weight excluding hydrogens is 1710 g/mol. The van der Waals surface area contributed by atoms with Crippen LogP contribution in [-0.4, -0.2) is 0 Å². The average molecular weight is 1850 g/mol. The van der Waals surface area contributed by atoms with Gasteiger partial charge >= 0.3 is 0 Å². The van der Waals surface area contributed by atoms with E-state index in [1.807, 2.05) is 306 Å². The first-order valence-electron chi connectivity index (χ1n) is 52.4. The Labute approximate surface area is 838 Å². The van der Waals surface area contributed by atoms with Crippen LogP contribution in [0.2, 0.25) is 0 Å². The second-order valence-corrected chi connectivity index (χ2v) is 40.8. The predicted molar refractivity (Wildman–Crippen MR) is 579 cm³/mol. The molecule has 0 N–H and O–H groups in total. The minimum atomic E-state index is -1.92. The molecule has 140 heavy (non-hydrogen) atoms. The molecule has 0 aliphatic rings. The summed E-state index contributed by atoms with van der Waals surface area (Å²) in [5.74, 6) is 0. The summed E-state index contributed by atoms with van der Waals surface area (Å²) in [6.07, 6.45) is -6.53. The van der Waals surface area contributed by atoms with Gasteiger partial charge in [-0.25, -0.2) is 19.4 Å². The smallest absolute Gasteiger partial charge is 0.237 e. The van der Waals surface area contributed by atoms with Crippen LogP contribution in [0.1, 0.15) is 164 Å². The molecule has 20 rings (SSSR count). The van der Waals surface area contributed by atoms with Gasteiger partial charge in [-0.05, 0) is 182 Å². The molecule has 0 radical (unpaired) electrons. The van der Waals surface area contributed by atoms with E-state index in [0.29, 0.717) is 101 Å². The molecule has 8 heterocycles. The molecule has 12 nitrogen and oxygen atoms in total. The van der Waals surface area contributed by atoms with Crippen LogP contribution in [0.15, 0.2) is 285 Å². The summed E-state index contributed by atoms with van der Waals surface area (Å²) in [5, 5.41) is 7.23. The zero-order chi connectivity index (χ0) is 109. The number of para-hydroxylation sites is 1. The van der Waals surface area contributed by atoms with Gasteiger partial charge in [-0.15, -0.1) is 0 Å². The second kappa shape index (κ2) is 38.1. The number of hydrogen-bond donors (Lipinski definition) is 0. The van der Waals surface area contributed by atoms with Crippen molar-refractivity contribution >= 4 is 111 Å². The Bertz CT molecular complexity index is 9070. The minimum absolute atomic E-state index is 0.0283. The first kappa shape index (κ1) is 83.7. The van der Waals surface area contributed by atoms with Gasteiger partial charge in [-0.3, -0.25) is 0 Å². The molecule has 696 valence electrons. The van der Waals surface area contributed by atoms with Crippen LogP contribution in [0.4, 0.5) is 22.7 Å². The van der Waals surface area contributed by atoms with Gasteiger partial charge in [0.1, 0.15) is 72.9 Å². The second-order valence-electron chi connectivity index (χ2n) is 40.8. The van der Waals surface area contributed by atoms with Crippen molar-refractivity contribution in [2.75, 3.05) is 0 Å². The van der Waals surface area contributed by atoms with Gasteiger partial charge in [0.25, 0.3) is 0 Å². The number of nitrogens with zero attached hydrogens (tertiary/aromatic N) is 8. The topological polar surface area (TPSA) is 85.5 Å². The summed E-state index contributed by atoms with van der Waals surface area (Å²) in [5.41, 5.74) is 28.1. The molecule has 0 aliphatic heterocycles. The maximum atomic E-state index is 9.26. The maximum absolute atomic E-state index is 9.26. The lowest BCUT2D eigenvalue weighted by atomic mass is 9.87. The summed E-state index contributed by atoms with van der Waals surface area (Å²) >= 11 is 0. The van der Waals surface area contributed by atoms with Crippen molar-refractivity contribution in [1.82, 2.24) is 0 Å². The molecule has 0 unspecified atom stereocenters. The first-order chi connectivity index (χ1) is 70.6. The number of pyridine rings is 4. The summed E-state index contributed by atoms with van der Waals surface area (Å²) in [6, 6.07) is 83.8. The molecule has 20 aromatic rings. The molecular formula is C128H124N8O4+4. The molecule has 12 heteroatoms. The summed E-state index contributed by atoms with van der Waals surface area (Å²) < 4.78 is 124. The summed E-state index contributed by atoms with van der Waals surface area (Å²) in [4.78, 5) is 15.2. The van der Waals surface area contributed by atoms with Crippen molar-refractivity contribution in [3.05, 3.63) is 380 Å². The Morgan fingerprint density at radius 3 is 1.10 bits per heavy atom. The summed E-state index contributed by atoms with van der Waals surface area (Å²) in [6.45, 7) is 70.0. The first-order valence-corrected chi connectivity index (χ1v) is 47.4. The number of hydrogen-bond acceptors (Lipinski definition) is 4. The van der Waals surface area contributed by atoms with E-state index in [0.717, 1.165) is 161 Å². The lowest BCUT2D eigenvalue weighted by Crippen LogP contribution is -2.35. The molecule has 0 atom stereocenters. The monoisotopic (exact) mass is 1850 g/mol. The highest BCUT2D eigenvalue weighted by Gasteiger charge is 2.33. The van der Waals surface area contributed by atoms with Gasteiger partial charge in [-0.1, -0.05) is 283 Å². The van der Waals surface area contributed by atoms with Crippen molar-refractivity contribution in [2.24, 2.45) is 49.9 Å². The van der Waals surface area contributed by atoms with Crippen LogP contribution in [0.5, 0.6) is 0 Å². The minimum Gasteiger partial charge on any atom is -0.466 e. The zero-order valence-electron chi connectivity index (χ0n) is 94.5. The number of aryl methyl sites for hydroxylation is 7. The quantitative estimate of drug-likeness (QED) is 0.0901.